The van der Waals surface area contributed by atoms with Crippen LogP contribution >= 0.6 is 45.1 Å². The summed E-state index contributed by atoms with van der Waals surface area (Å²) in [6, 6.07) is 1.50. The van der Waals surface area contributed by atoms with Gasteiger partial charge < -0.3 is 39.3 Å². The number of phosphoric ester groups is 1. The van der Waals surface area contributed by atoms with Gasteiger partial charge in [-0.25, -0.2) is 13.7 Å². The highest BCUT2D eigenvalue weighted by molar-refractivity contribution is 8.76. The molecule has 0 aromatic carbocycles. The van der Waals surface area contributed by atoms with E-state index >= 15 is 0 Å². The molecule has 1 aliphatic heterocycles. The van der Waals surface area contributed by atoms with Gasteiger partial charge in [0.25, 0.3) is 5.56 Å². The number of nitrogens with zero attached hydrogens (tertiary/aromatic N) is 2. The van der Waals surface area contributed by atoms with Crippen LogP contribution in [0.4, 0.5) is 5.95 Å². The SMILES string of the molecule is CSSCO[C@H]1CC(n2ccc3c(=O)[nH]c(N)nc32)OC1COP(=O)(O)OP(=O)(O)OP(=O)(O)O. The first-order valence-electron chi connectivity index (χ1n) is 9.27. The normalized spacial score (nSPS) is 24.4. The first-order valence-corrected chi connectivity index (χ1v) is 16.5. The van der Waals surface area contributed by atoms with Crippen LogP contribution in [-0.2, 0) is 36.3 Å². The lowest BCUT2D eigenvalue weighted by atomic mass is 10.2. The maximum Gasteiger partial charge on any atom is 0.490 e. The molecular weight excluding hydrogens is 577 g/mol. The average molecular weight is 598 g/mol. The van der Waals surface area contributed by atoms with Crippen molar-refractivity contribution in [2.24, 2.45) is 0 Å². The number of fused-ring (bicyclic) bond motifs is 1. The van der Waals surface area contributed by atoms with Gasteiger partial charge in [-0.3, -0.25) is 14.3 Å². The highest BCUT2D eigenvalue weighted by Crippen LogP contribution is 2.66. The molecule has 17 nitrogen and oxygen atoms in total. The Kier molecular flexibility index (Phi) is 9.33. The monoisotopic (exact) mass is 598 g/mol. The van der Waals surface area contributed by atoms with Gasteiger partial charge in [-0.05, 0) is 12.3 Å². The van der Waals surface area contributed by atoms with E-state index in [0.717, 1.165) is 0 Å². The van der Waals surface area contributed by atoms with Crippen LogP contribution in [0.3, 0.4) is 0 Å². The van der Waals surface area contributed by atoms with Gasteiger partial charge in [0, 0.05) is 12.6 Å². The number of aromatic nitrogens is 3. The lowest BCUT2D eigenvalue weighted by Crippen LogP contribution is -2.28. The molecule has 7 N–H and O–H groups in total. The van der Waals surface area contributed by atoms with Crippen molar-refractivity contribution < 1.29 is 55.9 Å². The maximum absolute atomic E-state index is 12.1. The third-order valence-electron chi connectivity index (χ3n) is 4.36. The molecule has 5 atom stereocenters. The third kappa shape index (κ3) is 8.12. The highest BCUT2D eigenvalue weighted by Gasteiger charge is 2.43. The van der Waals surface area contributed by atoms with Crippen LogP contribution < -0.4 is 11.3 Å². The number of H-pyrrole nitrogens is 1. The van der Waals surface area contributed by atoms with Crippen LogP contribution in [0, 0.1) is 0 Å². The molecule has 0 saturated carbocycles. The number of rotatable bonds is 12. The molecule has 22 heteroatoms. The molecule has 35 heavy (non-hydrogen) atoms. The highest BCUT2D eigenvalue weighted by atomic mass is 33.1. The molecule has 0 radical (unpaired) electrons. The number of hydrogen-bond donors (Lipinski definition) is 6. The van der Waals surface area contributed by atoms with E-state index in [0.29, 0.717) is 0 Å². The number of nitrogen functional groups attached to an aromatic ring is 1. The Hall–Kier alpha value is -0.750. The summed E-state index contributed by atoms with van der Waals surface area (Å²) < 4.78 is 59.6. The van der Waals surface area contributed by atoms with Gasteiger partial charge in [0.05, 0.1) is 18.1 Å². The smallest absolute Gasteiger partial charge is 0.369 e. The molecule has 198 valence electrons. The Morgan fingerprint density at radius 2 is 1.97 bits per heavy atom. The molecule has 3 heterocycles. The number of anilines is 1. The van der Waals surface area contributed by atoms with E-state index in [9.17, 15) is 28.3 Å². The molecule has 2 aromatic heterocycles. The lowest BCUT2D eigenvalue weighted by molar-refractivity contribution is -0.0520. The van der Waals surface area contributed by atoms with Crippen LogP contribution in [0.5, 0.6) is 0 Å². The lowest BCUT2D eigenvalue weighted by Gasteiger charge is -2.21. The van der Waals surface area contributed by atoms with E-state index in [2.05, 4.69) is 18.6 Å². The van der Waals surface area contributed by atoms with Crippen molar-refractivity contribution in [3.8, 4) is 0 Å². The van der Waals surface area contributed by atoms with E-state index in [-0.39, 0.29) is 29.3 Å². The van der Waals surface area contributed by atoms with Crippen LogP contribution in [0.1, 0.15) is 12.6 Å². The van der Waals surface area contributed by atoms with Crippen molar-refractivity contribution in [1.29, 1.82) is 0 Å². The number of hydrogen-bond acceptors (Lipinski definition) is 13. The van der Waals surface area contributed by atoms with Crippen LogP contribution in [-0.4, -0.2) is 65.1 Å². The van der Waals surface area contributed by atoms with E-state index in [1.165, 1.54) is 38.4 Å². The van der Waals surface area contributed by atoms with Crippen molar-refractivity contribution in [2.75, 3.05) is 24.5 Å². The predicted molar refractivity (Wildman–Crippen MR) is 124 cm³/mol. The molecule has 0 bridgehead atoms. The first kappa shape index (κ1) is 28.8. The second-order valence-corrected chi connectivity index (χ2v) is 13.7. The average Bonchev–Trinajstić information content (AvgIpc) is 3.28. The van der Waals surface area contributed by atoms with Gasteiger partial charge in [-0.15, -0.1) is 0 Å². The first-order chi connectivity index (χ1) is 16.2. The van der Waals surface area contributed by atoms with Crippen molar-refractivity contribution in [1.82, 2.24) is 14.5 Å². The van der Waals surface area contributed by atoms with E-state index < -0.39 is 54.1 Å². The zero-order chi connectivity index (χ0) is 26.0. The molecule has 1 saturated heterocycles. The molecule has 1 fully saturated rings. The van der Waals surface area contributed by atoms with Gasteiger partial charge in [0.15, 0.2) is 5.65 Å². The molecule has 2 aromatic rings. The summed E-state index contributed by atoms with van der Waals surface area (Å²) in [5.74, 6) is 0.0964. The summed E-state index contributed by atoms with van der Waals surface area (Å²) in [7, 11) is -13.7. The summed E-state index contributed by atoms with van der Waals surface area (Å²) in [5, 5.41) is 0.245. The molecule has 0 amide bonds. The fourth-order valence-corrected chi connectivity index (χ4v) is 6.93. The molecular formula is C13H21N4O13P3S2. The van der Waals surface area contributed by atoms with Crippen LogP contribution in [0.25, 0.3) is 11.0 Å². The number of ether oxygens (including phenoxy) is 2. The molecule has 1 aliphatic rings. The summed E-state index contributed by atoms with van der Waals surface area (Å²) in [4.78, 5) is 54.8. The van der Waals surface area contributed by atoms with E-state index in [4.69, 9.17) is 29.5 Å². The summed E-state index contributed by atoms with van der Waals surface area (Å²) in [5.41, 5.74) is 5.39. The van der Waals surface area contributed by atoms with Crippen molar-refractivity contribution in [3.63, 3.8) is 0 Å². The number of phosphoric acid groups is 3. The largest absolute Gasteiger partial charge is 0.490 e. The zero-order valence-corrected chi connectivity index (χ0v) is 21.9. The second-order valence-electron chi connectivity index (χ2n) is 6.77. The van der Waals surface area contributed by atoms with Crippen molar-refractivity contribution >= 4 is 62.0 Å². The fraction of sp³-hybridized carbons (Fsp3) is 0.538. The van der Waals surface area contributed by atoms with Crippen LogP contribution in [0.15, 0.2) is 17.1 Å². The topological polar surface area (TPSA) is 255 Å². The van der Waals surface area contributed by atoms with Gasteiger partial charge in [0.2, 0.25) is 5.95 Å². The Balaban J connectivity index is 1.75. The van der Waals surface area contributed by atoms with Gasteiger partial charge in [-0.1, -0.05) is 21.6 Å². The summed E-state index contributed by atoms with van der Waals surface area (Å²) in [6.45, 7) is -0.690. The van der Waals surface area contributed by atoms with Crippen molar-refractivity contribution in [3.05, 3.63) is 22.6 Å². The molecule has 3 rings (SSSR count). The number of aromatic amines is 1. The Bertz CT molecular complexity index is 1250. The zero-order valence-electron chi connectivity index (χ0n) is 17.6. The summed E-state index contributed by atoms with van der Waals surface area (Å²) in [6.07, 6.45) is 1.08. The van der Waals surface area contributed by atoms with Gasteiger partial charge in [0.1, 0.15) is 18.3 Å². The molecule has 0 spiro atoms. The number of nitrogens with two attached hydrogens (primary N) is 1. The third-order valence-corrected chi connectivity index (χ3v) is 9.62. The quantitative estimate of drug-likeness (QED) is 0.0870. The van der Waals surface area contributed by atoms with Gasteiger partial charge in [-0.2, -0.15) is 13.6 Å². The maximum atomic E-state index is 12.1. The standard InChI is InChI=1S/C13H21N4O13P3S2/c1-34-35-6-26-8-4-10(17-3-2-7-11(17)15-13(14)16-12(7)18)28-9(8)5-27-32(22,23)30-33(24,25)29-31(19,20)21/h2-3,8-10H,4-6H2,1H3,(H,22,23)(H,24,25)(H2,19,20,21)(H3,14,15,16,18)/t8-,9?,10?/m0/s1. The Morgan fingerprint density at radius 3 is 2.63 bits per heavy atom. The summed E-state index contributed by atoms with van der Waals surface area (Å²) >= 11 is 0. The minimum absolute atomic E-state index is 0.117. The minimum Gasteiger partial charge on any atom is -0.369 e. The Labute approximate surface area is 204 Å². The Morgan fingerprint density at radius 1 is 1.26 bits per heavy atom. The number of nitrogens with one attached hydrogen (secondary N) is 1. The molecule has 4 unspecified atom stereocenters. The minimum atomic E-state index is -5.66. The van der Waals surface area contributed by atoms with Gasteiger partial charge >= 0.3 is 23.5 Å². The van der Waals surface area contributed by atoms with Crippen LogP contribution in [0.2, 0.25) is 0 Å². The fourth-order valence-electron chi connectivity index (χ4n) is 3.12. The predicted octanol–water partition coefficient (Wildman–Crippen LogP) is 1.29. The van der Waals surface area contributed by atoms with Crippen molar-refractivity contribution in [2.45, 2.75) is 24.9 Å². The van der Waals surface area contributed by atoms with E-state index in [1.54, 1.807) is 0 Å². The second kappa shape index (κ2) is 11.3. The van der Waals surface area contributed by atoms with E-state index in [1.807, 2.05) is 6.26 Å². The molecule has 0 aliphatic carbocycles.